The summed E-state index contributed by atoms with van der Waals surface area (Å²) in [4.78, 5) is 31.2. The molecular formula is C21H22ClN3O3S. The monoisotopic (exact) mass is 431 g/mol. The number of carbonyl (C=O) groups is 2. The van der Waals surface area contributed by atoms with Crippen LogP contribution in [0.2, 0.25) is 5.02 Å². The minimum Gasteiger partial charge on any atom is -0.497 e. The molecular weight excluding hydrogens is 410 g/mol. The van der Waals surface area contributed by atoms with Gasteiger partial charge in [0.25, 0.3) is 0 Å². The van der Waals surface area contributed by atoms with Crippen LogP contribution in [-0.4, -0.2) is 47.8 Å². The Hall–Kier alpha value is -2.51. The normalized spacial score (nSPS) is 18.0. The van der Waals surface area contributed by atoms with Crippen LogP contribution in [0.15, 0.2) is 53.5 Å². The summed E-state index contributed by atoms with van der Waals surface area (Å²) in [7, 11) is 3.19. The second-order valence-corrected chi connectivity index (χ2v) is 8.05. The zero-order valence-electron chi connectivity index (χ0n) is 16.2. The van der Waals surface area contributed by atoms with Gasteiger partial charge in [0.05, 0.1) is 18.0 Å². The van der Waals surface area contributed by atoms with Gasteiger partial charge < -0.3 is 10.1 Å². The molecule has 6 nitrogen and oxygen atoms in total. The van der Waals surface area contributed by atoms with E-state index >= 15 is 0 Å². The minimum atomic E-state index is -0.490. The van der Waals surface area contributed by atoms with Crippen molar-refractivity contribution in [2.24, 2.45) is 4.99 Å². The summed E-state index contributed by atoms with van der Waals surface area (Å²) >= 11 is 7.26. The molecule has 3 rings (SSSR count). The number of ether oxygens (including phenoxy) is 1. The summed E-state index contributed by atoms with van der Waals surface area (Å²) in [6.45, 7) is 0.477. The highest BCUT2D eigenvalue weighted by Crippen LogP contribution is 2.29. The molecule has 1 heterocycles. The number of amidine groups is 1. The number of nitrogens with one attached hydrogen (secondary N) is 1. The number of amides is 2. The molecule has 1 fully saturated rings. The Morgan fingerprint density at radius 3 is 2.55 bits per heavy atom. The third kappa shape index (κ3) is 5.52. The van der Waals surface area contributed by atoms with Crippen molar-refractivity contribution in [1.82, 2.24) is 10.2 Å². The number of halogens is 1. The van der Waals surface area contributed by atoms with Crippen LogP contribution in [-0.2, 0) is 16.0 Å². The van der Waals surface area contributed by atoms with E-state index in [1.807, 2.05) is 24.3 Å². The Balaban J connectivity index is 1.81. The summed E-state index contributed by atoms with van der Waals surface area (Å²) in [5, 5.41) is 3.26. The fourth-order valence-electron chi connectivity index (χ4n) is 2.88. The number of hydrogen-bond donors (Lipinski definition) is 1. The van der Waals surface area contributed by atoms with Gasteiger partial charge in [-0.25, -0.2) is 4.99 Å². The molecule has 2 aromatic rings. The Kier molecular flexibility index (Phi) is 7.17. The van der Waals surface area contributed by atoms with E-state index in [2.05, 4.69) is 10.3 Å². The number of thioether (sulfide) groups is 1. The number of hydrogen-bond acceptors (Lipinski definition) is 5. The molecule has 152 valence electrons. The summed E-state index contributed by atoms with van der Waals surface area (Å²) in [5.41, 5.74) is 1.76. The third-order valence-electron chi connectivity index (χ3n) is 4.51. The van der Waals surface area contributed by atoms with E-state index < -0.39 is 5.25 Å². The molecule has 1 unspecified atom stereocenters. The van der Waals surface area contributed by atoms with Crippen LogP contribution in [0.1, 0.15) is 12.0 Å². The lowest BCUT2D eigenvalue weighted by molar-refractivity contribution is -0.130. The molecule has 1 aliphatic heterocycles. The van der Waals surface area contributed by atoms with Gasteiger partial charge in [-0.1, -0.05) is 35.5 Å². The van der Waals surface area contributed by atoms with Crippen LogP contribution in [0.25, 0.3) is 0 Å². The van der Waals surface area contributed by atoms with Gasteiger partial charge in [0.2, 0.25) is 11.8 Å². The van der Waals surface area contributed by atoms with Gasteiger partial charge in [0.15, 0.2) is 5.17 Å². The fourth-order valence-corrected chi connectivity index (χ4v) is 4.19. The van der Waals surface area contributed by atoms with Crippen molar-refractivity contribution in [2.45, 2.75) is 18.1 Å². The van der Waals surface area contributed by atoms with Crippen LogP contribution < -0.4 is 10.1 Å². The molecule has 29 heavy (non-hydrogen) atoms. The fraction of sp³-hybridized carbons (Fsp3) is 0.286. The molecule has 0 aliphatic carbocycles. The highest BCUT2D eigenvalue weighted by Gasteiger charge is 2.35. The van der Waals surface area contributed by atoms with E-state index in [0.29, 0.717) is 28.8 Å². The first kappa shape index (κ1) is 21.2. The Morgan fingerprint density at radius 1 is 1.24 bits per heavy atom. The molecule has 8 heteroatoms. The van der Waals surface area contributed by atoms with Gasteiger partial charge in [-0.05, 0) is 48.4 Å². The van der Waals surface area contributed by atoms with Gasteiger partial charge >= 0.3 is 0 Å². The van der Waals surface area contributed by atoms with Gasteiger partial charge in [-0.2, -0.15) is 0 Å². The first-order valence-electron chi connectivity index (χ1n) is 9.16. The standard InChI is InChI=1S/C21H22ClN3O3S/c1-23-20(27)18-13-19(26)25(12-11-14-3-9-17(28-2)10-4-14)21(29-18)24-16-7-5-15(22)6-8-16/h3-10,18H,11-13H2,1-2H3,(H,23,27). The van der Waals surface area contributed by atoms with E-state index in [0.717, 1.165) is 11.3 Å². The molecule has 0 bridgehead atoms. The van der Waals surface area contributed by atoms with Crippen molar-refractivity contribution in [3.63, 3.8) is 0 Å². The summed E-state index contributed by atoms with van der Waals surface area (Å²) < 4.78 is 5.18. The van der Waals surface area contributed by atoms with Gasteiger partial charge in [-0.15, -0.1) is 0 Å². The number of aliphatic imine (C=N–C) groups is 1. The van der Waals surface area contributed by atoms with Crippen LogP contribution in [0.3, 0.4) is 0 Å². The number of nitrogens with zero attached hydrogens (tertiary/aromatic N) is 2. The lowest BCUT2D eigenvalue weighted by atomic mass is 10.1. The molecule has 1 N–H and O–H groups in total. The minimum absolute atomic E-state index is 0.112. The van der Waals surface area contributed by atoms with E-state index in [1.54, 1.807) is 43.3 Å². The maximum absolute atomic E-state index is 12.8. The maximum atomic E-state index is 12.8. The first-order chi connectivity index (χ1) is 14.0. The number of benzene rings is 2. The number of rotatable bonds is 6. The van der Waals surface area contributed by atoms with Crippen molar-refractivity contribution >= 4 is 46.0 Å². The largest absolute Gasteiger partial charge is 0.497 e. The summed E-state index contributed by atoms with van der Waals surface area (Å²) in [6, 6.07) is 14.8. The van der Waals surface area contributed by atoms with Crippen molar-refractivity contribution in [3.8, 4) is 5.75 Å². The first-order valence-corrected chi connectivity index (χ1v) is 10.4. The quantitative estimate of drug-likeness (QED) is 0.757. The topological polar surface area (TPSA) is 71.0 Å². The molecule has 2 aromatic carbocycles. The number of methoxy groups -OCH3 is 1. The van der Waals surface area contributed by atoms with Crippen LogP contribution in [0.5, 0.6) is 5.75 Å². The Labute approximate surface area is 179 Å². The summed E-state index contributed by atoms with van der Waals surface area (Å²) in [5.74, 6) is 0.497. The molecule has 1 saturated heterocycles. The highest BCUT2D eigenvalue weighted by molar-refractivity contribution is 8.15. The Bertz CT molecular complexity index is 900. The second-order valence-electron chi connectivity index (χ2n) is 6.44. The van der Waals surface area contributed by atoms with Gasteiger partial charge in [0.1, 0.15) is 5.75 Å². The van der Waals surface area contributed by atoms with Gasteiger partial charge in [0, 0.05) is 25.0 Å². The predicted octanol–water partition coefficient (Wildman–Crippen LogP) is 3.66. The molecule has 0 saturated carbocycles. The second kappa shape index (κ2) is 9.80. The molecule has 1 atom stereocenters. The summed E-state index contributed by atoms with van der Waals surface area (Å²) in [6.07, 6.45) is 0.813. The molecule has 0 spiro atoms. The van der Waals surface area contributed by atoms with Crippen LogP contribution in [0.4, 0.5) is 5.69 Å². The Morgan fingerprint density at radius 2 is 1.93 bits per heavy atom. The SMILES string of the molecule is CNC(=O)C1CC(=O)N(CCc2ccc(OC)cc2)C(=Nc2ccc(Cl)cc2)S1. The maximum Gasteiger partial charge on any atom is 0.233 e. The van der Waals surface area contributed by atoms with Crippen molar-refractivity contribution in [3.05, 3.63) is 59.1 Å². The van der Waals surface area contributed by atoms with E-state index in [4.69, 9.17) is 16.3 Å². The lowest BCUT2D eigenvalue weighted by Crippen LogP contribution is -2.46. The van der Waals surface area contributed by atoms with E-state index in [1.165, 1.54) is 11.8 Å². The van der Waals surface area contributed by atoms with Gasteiger partial charge in [-0.3, -0.25) is 14.5 Å². The van der Waals surface area contributed by atoms with Crippen molar-refractivity contribution < 1.29 is 14.3 Å². The van der Waals surface area contributed by atoms with E-state index in [9.17, 15) is 9.59 Å². The lowest BCUT2D eigenvalue weighted by Gasteiger charge is -2.31. The highest BCUT2D eigenvalue weighted by atomic mass is 35.5. The zero-order chi connectivity index (χ0) is 20.8. The van der Waals surface area contributed by atoms with Crippen LogP contribution >= 0.6 is 23.4 Å². The average molecular weight is 432 g/mol. The van der Waals surface area contributed by atoms with Crippen molar-refractivity contribution in [1.29, 1.82) is 0 Å². The zero-order valence-corrected chi connectivity index (χ0v) is 17.8. The van der Waals surface area contributed by atoms with Crippen LogP contribution in [0, 0.1) is 0 Å². The van der Waals surface area contributed by atoms with E-state index in [-0.39, 0.29) is 18.2 Å². The third-order valence-corrected chi connectivity index (χ3v) is 5.95. The molecule has 0 radical (unpaired) electrons. The molecule has 1 aliphatic rings. The average Bonchev–Trinajstić information content (AvgIpc) is 2.74. The number of carbonyl (C=O) groups excluding carboxylic acids is 2. The smallest absolute Gasteiger partial charge is 0.233 e. The predicted molar refractivity (Wildman–Crippen MR) is 117 cm³/mol. The molecule has 2 amide bonds. The van der Waals surface area contributed by atoms with Crippen molar-refractivity contribution in [2.75, 3.05) is 20.7 Å². The molecule has 0 aromatic heterocycles.